The molecule has 0 atom stereocenters. The van der Waals surface area contributed by atoms with Crippen LogP contribution in [0.5, 0.6) is 17.2 Å². The molecule has 7 heteroatoms. The third kappa shape index (κ3) is 4.41. The summed E-state index contributed by atoms with van der Waals surface area (Å²) in [7, 11) is 0. The lowest BCUT2D eigenvalue weighted by Gasteiger charge is -2.30. The molecular formula is C24H25NO6. The molecule has 31 heavy (non-hydrogen) atoms. The highest BCUT2D eigenvalue weighted by Gasteiger charge is 2.23. The van der Waals surface area contributed by atoms with Crippen molar-refractivity contribution in [2.45, 2.75) is 27.3 Å². The third-order valence-electron chi connectivity index (χ3n) is 4.97. The summed E-state index contributed by atoms with van der Waals surface area (Å²) in [5.41, 5.74) is 1.53. The van der Waals surface area contributed by atoms with E-state index in [1.807, 2.05) is 0 Å². The lowest BCUT2D eigenvalue weighted by atomic mass is 10.1. The van der Waals surface area contributed by atoms with Crippen LogP contribution in [0.15, 0.2) is 51.9 Å². The van der Waals surface area contributed by atoms with E-state index in [9.17, 15) is 9.59 Å². The minimum absolute atomic E-state index is 0.0760. The van der Waals surface area contributed by atoms with E-state index < -0.39 is 5.97 Å². The second-order valence-corrected chi connectivity index (χ2v) is 7.87. The van der Waals surface area contributed by atoms with Gasteiger partial charge in [-0.05, 0) is 49.2 Å². The summed E-state index contributed by atoms with van der Waals surface area (Å²) < 4.78 is 22.4. The zero-order valence-corrected chi connectivity index (χ0v) is 17.8. The Bertz CT molecular complexity index is 1150. The van der Waals surface area contributed by atoms with Crippen LogP contribution in [-0.2, 0) is 11.3 Å². The number of carbonyl (C=O) groups is 1. The minimum Gasteiger partial charge on any atom is -0.478 e. The predicted octanol–water partition coefficient (Wildman–Crippen LogP) is 4.57. The van der Waals surface area contributed by atoms with E-state index in [1.165, 1.54) is 6.26 Å². The molecule has 0 spiro atoms. The molecule has 0 saturated carbocycles. The monoisotopic (exact) mass is 423 g/mol. The zero-order chi connectivity index (χ0) is 22.0. The van der Waals surface area contributed by atoms with Gasteiger partial charge in [-0.3, -0.25) is 9.69 Å². The molecule has 2 heterocycles. The fraction of sp³-hybridized carbons (Fsp3) is 0.333. The van der Waals surface area contributed by atoms with Crippen molar-refractivity contribution < 1.29 is 23.4 Å². The summed E-state index contributed by atoms with van der Waals surface area (Å²) in [6.07, 6.45) is 1.32. The number of benzene rings is 2. The Kier molecular flexibility index (Phi) is 5.95. The largest absolute Gasteiger partial charge is 0.478 e. The Morgan fingerprint density at radius 2 is 1.94 bits per heavy atom. The Morgan fingerprint density at radius 1 is 1.16 bits per heavy atom. The van der Waals surface area contributed by atoms with Crippen LogP contribution in [0.3, 0.4) is 0 Å². The summed E-state index contributed by atoms with van der Waals surface area (Å²) >= 11 is 0. The predicted molar refractivity (Wildman–Crippen MR) is 116 cm³/mol. The molecule has 1 aliphatic heterocycles. The molecule has 4 rings (SSSR count). The fourth-order valence-corrected chi connectivity index (χ4v) is 3.64. The Labute approximate surface area is 180 Å². The van der Waals surface area contributed by atoms with E-state index in [1.54, 1.807) is 43.3 Å². The summed E-state index contributed by atoms with van der Waals surface area (Å²) in [6, 6.07) is 9.91. The van der Waals surface area contributed by atoms with Gasteiger partial charge in [-0.25, -0.2) is 4.79 Å². The number of fused-ring (bicyclic) bond motifs is 3. The standard InChI is InChI=1S/C24H25NO6/c1-4-28-24(27)16-5-7-17(8-6-16)31-21-13-29-23-18(22(21)26)9-10-20-19(23)12-25(14-30-20)11-15(2)3/h5-10,13,15H,4,11-12,14H2,1-3H3. The second kappa shape index (κ2) is 8.81. The van der Waals surface area contributed by atoms with Gasteiger partial charge in [0.15, 0.2) is 0 Å². The molecular weight excluding hydrogens is 398 g/mol. The third-order valence-corrected chi connectivity index (χ3v) is 4.97. The molecule has 2 aromatic carbocycles. The molecule has 1 aromatic heterocycles. The number of hydrogen-bond acceptors (Lipinski definition) is 7. The van der Waals surface area contributed by atoms with Crippen LogP contribution in [0, 0.1) is 5.92 Å². The molecule has 7 nitrogen and oxygen atoms in total. The lowest BCUT2D eigenvalue weighted by Crippen LogP contribution is -2.34. The second-order valence-electron chi connectivity index (χ2n) is 7.87. The number of hydrogen-bond donors (Lipinski definition) is 0. The molecule has 0 saturated heterocycles. The van der Waals surface area contributed by atoms with Crippen molar-refractivity contribution in [3.63, 3.8) is 0 Å². The quantitative estimate of drug-likeness (QED) is 0.538. The van der Waals surface area contributed by atoms with Crippen LogP contribution in [0.4, 0.5) is 0 Å². The van der Waals surface area contributed by atoms with Crippen LogP contribution in [0.1, 0.15) is 36.7 Å². The molecule has 0 unspecified atom stereocenters. The minimum atomic E-state index is -0.405. The SMILES string of the molecule is CCOC(=O)c1ccc(Oc2coc3c4c(ccc3c2=O)OCN(CC(C)C)C4)cc1. The van der Waals surface area contributed by atoms with E-state index in [2.05, 4.69) is 18.7 Å². The number of carbonyl (C=O) groups excluding carboxylic acids is 1. The molecule has 0 aliphatic carbocycles. The number of nitrogens with zero attached hydrogens (tertiary/aromatic N) is 1. The summed E-state index contributed by atoms with van der Waals surface area (Å²) in [4.78, 5) is 27.0. The molecule has 0 fully saturated rings. The van der Waals surface area contributed by atoms with Crippen LogP contribution < -0.4 is 14.9 Å². The van der Waals surface area contributed by atoms with Gasteiger partial charge in [-0.1, -0.05) is 13.8 Å². The first-order valence-corrected chi connectivity index (χ1v) is 10.3. The van der Waals surface area contributed by atoms with Gasteiger partial charge in [0.2, 0.25) is 11.2 Å². The lowest BCUT2D eigenvalue weighted by molar-refractivity contribution is 0.0526. The maximum Gasteiger partial charge on any atom is 0.338 e. The Hall–Kier alpha value is -3.32. The Morgan fingerprint density at radius 3 is 2.65 bits per heavy atom. The highest BCUT2D eigenvalue weighted by molar-refractivity contribution is 5.89. The summed E-state index contributed by atoms with van der Waals surface area (Å²) in [5.74, 6) is 1.33. The maximum absolute atomic E-state index is 13.0. The van der Waals surface area contributed by atoms with Crippen LogP contribution >= 0.6 is 0 Å². The van der Waals surface area contributed by atoms with Gasteiger partial charge >= 0.3 is 5.97 Å². The molecule has 0 amide bonds. The van der Waals surface area contributed by atoms with Crippen LogP contribution in [-0.4, -0.2) is 30.8 Å². The van der Waals surface area contributed by atoms with Crippen molar-refractivity contribution in [2.24, 2.45) is 5.92 Å². The molecule has 1 aliphatic rings. The van der Waals surface area contributed by atoms with E-state index in [0.29, 0.717) is 48.1 Å². The van der Waals surface area contributed by atoms with Crippen molar-refractivity contribution in [3.8, 4) is 17.2 Å². The summed E-state index contributed by atoms with van der Waals surface area (Å²) in [6.45, 7) is 8.43. The first kappa shape index (κ1) is 20.9. The molecule has 162 valence electrons. The summed E-state index contributed by atoms with van der Waals surface area (Å²) in [5, 5.41) is 0.439. The van der Waals surface area contributed by atoms with Gasteiger partial charge in [-0.15, -0.1) is 0 Å². The molecule has 0 radical (unpaired) electrons. The number of esters is 1. The number of rotatable bonds is 6. The van der Waals surface area contributed by atoms with Gasteiger partial charge in [0, 0.05) is 13.1 Å². The van der Waals surface area contributed by atoms with E-state index in [-0.39, 0.29) is 11.2 Å². The first-order valence-electron chi connectivity index (χ1n) is 10.3. The van der Waals surface area contributed by atoms with Crippen molar-refractivity contribution in [2.75, 3.05) is 19.9 Å². The highest BCUT2D eigenvalue weighted by Crippen LogP contribution is 2.33. The van der Waals surface area contributed by atoms with Gasteiger partial charge in [0.1, 0.15) is 30.1 Å². The Balaban J connectivity index is 1.60. The fourth-order valence-electron chi connectivity index (χ4n) is 3.64. The van der Waals surface area contributed by atoms with Gasteiger partial charge in [0.25, 0.3) is 0 Å². The molecule has 0 N–H and O–H groups in total. The van der Waals surface area contributed by atoms with Crippen molar-refractivity contribution in [1.82, 2.24) is 4.90 Å². The average Bonchev–Trinajstić information content (AvgIpc) is 2.75. The first-order chi connectivity index (χ1) is 15.0. The normalized spacial score (nSPS) is 13.7. The zero-order valence-electron chi connectivity index (χ0n) is 17.8. The topological polar surface area (TPSA) is 78.2 Å². The van der Waals surface area contributed by atoms with Crippen LogP contribution in [0.2, 0.25) is 0 Å². The van der Waals surface area contributed by atoms with E-state index in [0.717, 1.165) is 17.9 Å². The van der Waals surface area contributed by atoms with Crippen molar-refractivity contribution in [1.29, 1.82) is 0 Å². The maximum atomic E-state index is 13.0. The van der Waals surface area contributed by atoms with Gasteiger partial charge < -0.3 is 18.6 Å². The van der Waals surface area contributed by atoms with Gasteiger partial charge in [-0.2, -0.15) is 0 Å². The van der Waals surface area contributed by atoms with Crippen molar-refractivity contribution in [3.05, 3.63) is 64.0 Å². The van der Waals surface area contributed by atoms with Crippen LogP contribution in [0.25, 0.3) is 11.0 Å². The van der Waals surface area contributed by atoms with E-state index in [4.69, 9.17) is 18.6 Å². The molecule has 3 aromatic rings. The van der Waals surface area contributed by atoms with Gasteiger partial charge in [0.05, 0.1) is 23.1 Å². The smallest absolute Gasteiger partial charge is 0.338 e. The number of ether oxygens (including phenoxy) is 3. The van der Waals surface area contributed by atoms with E-state index >= 15 is 0 Å². The average molecular weight is 423 g/mol. The highest BCUT2D eigenvalue weighted by atomic mass is 16.5. The van der Waals surface area contributed by atoms with Crippen molar-refractivity contribution >= 4 is 16.9 Å². The molecule has 0 bridgehead atoms.